The number of aliphatic hydroxyl groups excluding tert-OH is 2. The van der Waals surface area contributed by atoms with Gasteiger partial charge in [0, 0.05) is 7.05 Å². The van der Waals surface area contributed by atoms with Gasteiger partial charge in [-0.1, -0.05) is 12.2 Å². The van der Waals surface area contributed by atoms with Gasteiger partial charge >= 0.3 is 0 Å². The number of hydrogen-bond acceptors (Lipinski definition) is 4. The number of hydrogen-bond donors (Lipinski definition) is 3. The Morgan fingerprint density at radius 3 is 2.54 bits per heavy atom. The zero-order valence-corrected chi connectivity index (χ0v) is 7.75. The lowest BCUT2D eigenvalue weighted by Gasteiger charge is -2.26. The molecule has 2 unspecified atom stereocenters. The maximum absolute atomic E-state index is 9.52. The predicted molar refractivity (Wildman–Crippen MR) is 48.2 cm³/mol. The van der Waals surface area contributed by atoms with Crippen LogP contribution in [-0.2, 0) is 0 Å². The highest BCUT2D eigenvalue weighted by Crippen LogP contribution is 2.16. The van der Waals surface area contributed by atoms with E-state index < -0.39 is 18.2 Å². The van der Waals surface area contributed by atoms with E-state index in [-0.39, 0.29) is 0 Å². The van der Waals surface area contributed by atoms with E-state index in [2.05, 4.69) is 0 Å². The molecule has 1 rings (SSSR count). The summed E-state index contributed by atoms with van der Waals surface area (Å²) in [6, 6.07) is -0.428. The Labute approximate surface area is 77.4 Å². The molecule has 74 valence electrons. The van der Waals surface area contributed by atoms with Crippen LogP contribution < -0.4 is 0 Å². The van der Waals surface area contributed by atoms with Crippen LogP contribution in [0.5, 0.6) is 0 Å². The molecule has 0 radical (unpaired) electrons. The maximum atomic E-state index is 9.52. The second-order valence-electron chi connectivity index (χ2n) is 3.26. The van der Waals surface area contributed by atoms with Crippen LogP contribution in [0.25, 0.3) is 0 Å². The molecule has 0 saturated carbocycles. The molecular formula is C9H15NO3. The molecule has 0 saturated heterocycles. The zero-order valence-electron chi connectivity index (χ0n) is 7.75. The van der Waals surface area contributed by atoms with Crippen LogP contribution in [0.2, 0.25) is 0 Å². The number of rotatable bonds is 2. The minimum Gasteiger partial charge on any atom is -0.389 e. The first-order valence-corrected chi connectivity index (χ1v) is 4.20. The third-order valence-electron chi connectivity index (χ3n) is 2.11. The summed E-state index contributed by atoms with van der Waals surface area (Å²) in [6.07, 6.45) is 3.55. The smallest absolute Gasteiger partial charge is 0.0941 e. The molecule has 0 bridgehead atoms. The highest BCUT2D eigenvalue weighted by molar-refractivity contribution is 5.30. The lowest BCUT2D eigenvalue weighted by Crippen LogP contribution is -2.38. The normalized spacial score (nSPS) is 30.5. The van der Waals surface area contributed by atoms with Crippen LogP contribution in [0.3, 0.4) is 0 Å². The fourth-order valence-corrected chi connectivity index (χ4v) is 1.30. The molecule has 0 amide bonds. The fourth-order valence-electron chi connectivity index (χ4n) is 1.30. The summed E-state index contributed by atoms with van der Waals surface area (Å²) in [5.74, 6) is 0. The Bertz CT molecular complexity index is 233. The number of aliphatic hydroxyl groups is 2. The van der Waals surface area contributed by atoms with Gasteiger partial charge in [-0.3, -0.25) is 0 Å². The highest BCUT2D eigenvalue weighted by Gasteiger charge is 2.22. The number of nitrogens with zero attached hydrogens (tertiary/aromatic N) is 1. The molecule has 3 atom stereocenters. The van der Waals surface area contributed by atoms with Gasteiger partial charge in [0.25, 0.3) is 0 Å². The largest absolute Gasteiger partial charge is 0.389 e. The fraction of sp³-hybridized carbons (Fsp3) is 0.556. The molecule has 0 heterocycles. The van der Waals surface area contributed by atoms with Crippen molar-refractivity contribution in [2.45, 2.75) is 25.2 Å². The molecule has 4 heteroatoms. The average Bonchev–Trinajstić information content (AvgIpc) is 2.03. The molecule has 0 aliphatic heterocycles. The first kappa shape index (κ1) is 10.4. The van der Waals surface area contributed by atoms with Gasteiger partial charge in [-0.05, 0) is 18.6 Å². The van der Waals surface area contributed by atoms with Crippen molar-refractivity contribution in [3.8, 4) is 0 Å². The first-order chi connectivity index (χ1) is 6.02. The van der Waals surface area contributed by atoms with Crippen LogP contribution in [0.1, 0.15) is 6.92 Å². The average molecular weight is 185 g/mol. The van der Waals surface area contributed by atoms with Crippen LogP contribution in [0.4, 0.5) is 0 Å². The van der Waals surface area contributed by atoms with Gasteiger partial charge in [0.1, 0.15) is 0 Å². The summed E-state index contributed by atoms with van der Waals surface area (Å²) in [7, 11) is 1.47. The number of hydroxylamine groups is 2. The van der Waals surface area contributed by atoms with Gasteiger partial charge in [-0.25, -0.2) is 0 Å². The molecule has 0 aromatic heterocycles. The van der Waals surface area contributed by atoms with Crippen molar-refractivity contribution in [1.82, 2.24) is 5.06 Å². The van der Waals surface area contributed by atoms with Crippen molar-refractivity contribution in [2.24, 2.45) is 0 Å². The lowest BCUT2D eigenvalue weighted by molar-refractivity contribution is -0.111. The SMILES string of the molecule is C[C@H](O)C1=CC(O)C(N(C)O)C=C1. The minimum absolute atomic E-state index is 0.428. The molecule has 0 aromatic carbocycles. The Balaban J connectivity index is 2.73. The topological polar surface area (TPSA) is 63.9 Å². The second kappa shape index (κ2) is 4.02. The molecule has 0 spiro atoms. The first-order valence-electron chi connectivity index (χ1n) is 4.20. The van der Waals surface area contributed by atoms with Crippen molar-refractivity contribution in [3.63, 3.8) is 0 Å². The maximum Gasteiger partial charge on any atom is 0.0941 e. The molecule has 1 aliphatic rings. The van der Waals surface area contributed by atoms with Gasteiger partial charge < -0.3 is 15.4 Å². The van der Waals surface area contributed by atoms with Crippen LogP contribution in [-0.4, -0.2) is 45.8 Å². The molecular weight excluding hydrogens is 170 g/mol. The van der Waals surface area contributed by atoms with Gasteiger partial charge in [-0.15, -0.1) is 0 Å². The summed E-state index contributed by atoms with van der Waals surface area (Å²) >= 11 is 0. The van der Waals surface area contributed by atoms with Crippen molar-refractivity contribution in [2.75, 3.05) is 7.05 Å². The van der Waals surface area contributed by atoms with Crippen LogP contribution in [0.15, 0.2) is 23.8 Å². The third-order valence-corrected chi connectivity index (χ3v) is 2.11. The quantitative estimate of drug-likeness (QED) is 0.526. The van der Waals surface area contributed by atoms with Crippen LogP contribution in [0, 0.1) is 0 Å². The Morgan fingerprint density at radius 1 is 1.54 bits per heavy atom. The molecule has 4 nitrogen and oxygen atoms in total. The Kier molecular flexibility index (Phi) is 3.22. The predicted octanol–water partition coefficient (Wildman–Crippen LogP) is -0.0861. The summed E-state index contributed by atoms with van der Waals surface area (Å²) in [5.41, 5.74) is 0.672. The molecule has 13 heavy (non-hydrogen) atoms. The number of likely N-dealkylation sites (N-methyl/N-ethyl adjacent to an activating group) is 1. The zero-order chi connectivity index (χ0) is 10.0. The standard InChI is InChI=1S/C9H15NO3/c1-6(11)7-3-4-8(10(2)13)9(12)5-7/h3-6,8-9,11-13H,1-2H3/t6-,8?,9?/m0/s1. The van der Waals surface area contributed by atoms with Gasteiger partial charge in [0.05, 0.1) is 18.2 Å². The summed E-state index contributed by atoms with van der Waals surface area (Å²) < 4.78 is 0. The Hall–Kier alpha value is -0.680. The van der Waals surface area contributed by atoms with E-state index in [1.54, 1.807) is 25.2 Å². The summed E-state index contributed by atoms with van der Waals surface area (Å²) in [4.78, 5) is 0. The molecule has 1 aliphatic carbocycles. The van der Waals surface area contributed by atoms with E-state index in [4.69, 9.17) is 5.21 Å². The van der Waals surface area contributed by atoms with Crippen molar-refractivity contribution >= 4 is 0 Å². The summed E-state index contributed by atoms with van der Waals surface area (Å²) in [6.45, 7) is 1.63. The van der Waals surface area contributed by atoms with Gasteiger partial charge in [0.2, 0.25) is 0 Å². The van der Waals surface area contributed by atoms with E-state index in [0.717, 1.165) is 5.06 Å². The van der Waals surface area contributed by atoms with E-state index in [9.17, 15) is 10.2 Å². The molecule has 0 fully saturated rings. The van der Waals surface area contributed by atoms with Crippen LogP contribution >= 0.6 is 0 Å². The minimum atomic E-state index is -0.774. The van der Waals surface area contributed by atoms with Crippen molar-refractivity contribution < 1.29 is 15.4 Å². The van der Waals surface area contributed by atoms with Gasteiger partial charge in [0.15, 0.2) is 0 Å². The van der Waals surface area contributed by atoms with E-state index in [0.29, 0.717) is 5.57 Å². The van der Waals surface area contributed by atoms with E-state index in [1.807, 2.05) is 0 Å². The van der Waals surface area contributed by atoms with E-state index >= 15 is 0 Å². The summed E-state index contributed by atoms with van der Waals surface area (Å²) in [5, 5.41) is 28.8. The van der Waals surface area contributed by atoms with Crippen molar-refractivity contribution in [3.05, 3.63) is 23.8 Å². The third kappa shape index (κ3) is 2.38. The highest BCUT2D eigenvalue weighted by atomic mass is 16.5. The van der Waals surface area contributed by atoms with E-state index in [1.165, 1.54) is 7.05 Å². The molecule has 0 aromatic rings. The monoisotopic (exact) mass is 185 g/mol. The van der Waals surface area contributed by atoms with Crippen molar-refractivity contribution in [1.29, 1.82) is 0 Å². The molecule has 3 N–H and O–H groups in total. The van der Waals surface area contributed by atoms with Gasteiger partial charge in [-0.2, -0.15) is 5.06 Å². The lowest BCUT2D eigenvalue weighted by atomic mass is 9.97. The second-order valence-corrected chi connectivity index (χ2v) is 3.26. The Morgan fingerprint density at radius 2 is 2.15 bits per heavy atom.